The predicted molar refractivity (Wildman–Crippen MR) is 77.4 cm³/mol. The zero-order chi connectivity index (χ0) is 14.3. The van der Waals surface area contributed by atoms with Crippen LogP contribution in [0.3, 0.4) is 0 Å². The molecule has 2 rings (SSSR count). The number of ether oxygens (including phenoxy) is 1. The summed E-state index contributed by atoms with van der Waals surface area (Å²) in [7, 11) is 1.84. The number of esters is 1. The fourth-order valence-corrected chi connectivity index (χ4v) is 2.59. The number of phenolic OH excluding ortho intramolecular Hbond substituents is 1. The van der Waals surface area contributed by atoms with Gasteiger partial charge in [-0.05, 0) is 35.8 Å². The quantitative estimate of drug-likeness (QED) is 0.505. The van der Waals surface area contributed by atoms with Gasteiger partial charge in [0.05, 0.1) is 27.8 Å². The Kier molecular flexibility index (Phi) is 3.45. The van der Waals surface area contributed by atoms with Crippen molar-refractivity contribution in [3.05, 3.63) is 21.8 Å². The lowest BCUT2D eigenvalue weighted by molar-refractivity contribution is 0.0527. The summed E-state index contributed by atoms with van der Waals surface area (Å²) in [6.45, 7) is 3.85. The van der Waals surface area contributed by atoms with Crippen molar-refractivity contribution in [2.45, 2.75) is 13.8 Å². The molecule has 1 aromatic heterocycles. The number of hydrogen-bond acceptors (Lipinski definition) is 4. The van der Waals surface area contributed by atoms with E-state index in [1.165, 1.54) is 0 Å². The van der Waals surface area contributed by atoms with Gasteiger partial charge in [-0.15, -0.1) is 0 Å². The van der Waals surface area contributed by atoms with Crippen molar-refractivity contribution in [3.63, 3.8) is 0 Å². The zero-order valence-corrected chi connectivity index (χ0v) is 12.5. The van der Waals surface area contributed by atoms with Crippen LogP contribution in [0.5, 0.6) is 5.75 Å². The van der Waals surface area contributed by atoms with E-state index in [4.69, 9.17) is 10.5 Å². The van der Waals surface area contributed by atoms with Gasteiger partial charge in [0.15, 0.2) is 5.75 Å². The van der Waals surface area contributed by atoms with Gasteiger partial charge in [-0.25, -0.2) is 4.79 Å². The van der Waals surface area contributed by atoms with Crippen molar-refractivity contribution >= 4 is 38.5 Å². The number of fused-ring (bicyclic) bond motifs is 1. The number of benzene rings is 1. The Morgan fingerprint density at radius 2 is 2.21 bits per heavy atom. The highest BCUT2D eigenvalue weighted by atomic mass is 79.9. The molecule has 0 amide bonds. The van der Waals surface area contributed by atoms with Crippen LogP contribution in [0, 0.1) is 6.92 Å². The van der Waals surface area contributed by atoms with Crippen molar-refractivity contribution in [1.29, 1.82) is 0 Å². The molecule has 5 nitrogen and oxygen atoms in total. The fraction of sp³-hybridized carbons (Fsp3) is 0.308. The highest BCUT2D eigenvalue weighted by Crippen LogP contribution is 2.40. The Bertz CT molecular complexity index is 677. The van der Waals surface area contributed by atoms with E-state index in [0.717, 1.165) is 11.2 Å². The first-order valence-corrected chi connectivity index (χ1v) is 6.62. The van der Waals surface area contributed by atoms with E-state index in [1.807, 2.05) is 18.5 Å². The number of carbonyl (C=O) groups excluding carboxylic acids is 1. The van der Waals surface area contributed by atoms with E-state index < -0.39 is 5.97 Å². The maximum Gasteiger partial charge on any atom is 0.340 e. The first kappa shape index (κ1) is 13.7. The van der Waals surface area contributed by atoms with Crippen LogP contribution in [-0.4, -0.2) is 22.2 Å². The lowest BCUT2D eigenvalue weighted by Gasteiger charge is -2.06. The predicted octanol–water partition coefficient (Wildman–Crippen LogP) is 2.71. The summed E-state index contributed by atoms with van der Waals surface area (Å²) < 4.78 is 7.40. The van der Waals surface area contributed by atoms with E-state index in [-0.39, 0.29) is 18.0 Å². The number of aromatic nitrogens is 1. The number of aryl methyl sites for hydroxylation is 1. The van der Waals surface area contributed by atoms with Crippen LogP contribution in [0.2, 0.25) is 0 Å². The molecule has 1 aromatic carbocycles. The largest absolute Gasteiger partial charge is 0.505 e. The number of nitrogens with two attached hydrogens (primary N) is 1. The van der Waals surface area contributed by atoms with E-state index in [9.17, 15) is 9.90 Å². The number of hydrogen-bond donors (Lipinski definition) is 2. The summed E-state index contributed by atoms with van der Waals surface area (Å²) >= 11 is 3.24. The second-order valence-corrected chi connectivity index (χ2v) is 5.11. The minimum Gasteiger partial charge on any atom is -0.505 e. The molecule has 0 saturated carbocycles. The summed E-state index contributed by atoms with van der Waals surface area (Å²) in [6, 6.07) is 1.73. The van der Waals surface area contributed by atoms with Crippen LogP contribution in [0.25, 0.3) is 10.9 Å². The number of anilines is 1. The number of carbonyl (C=O) groups is 1. The van der Waals surface area contributed by atoms with Crippen LogP contribution < -0.4 is 5.73 Å². The van der Waals surface area contributed by atoms with Crippen LogP contribution >= 0.6 is 15.9 Å². The molecule has 0 aliphatic rings. The van der Waals surface area contributed by atoms with Gasteiger partial charge in [-0.3, -0.25) is 0 Å². The number of nitrogens with zero attached hydrogens (tertiary/aromatic N) is 1. The molecule has 6 heteroatoms. The highest BCUT2D eigenvalue weighted by Gasteiger charge is 2.23. The summed E-state index contributed by atoms with van der Waals surface area (Å²) in [5.41, 5.74) is 8.03. The first-order chi connectivity index (χ1) is 8.90. The molecular weight excluding hydrogens is 312 g/mol. The molecule has 0 aliphatic carbocycles. The van der Waals surface area contributed by atoms with Crippen LogP contribution in [0.4, 0.5) is 5.69 Å². The molecule has 0 spiro atoms. The molecular formula is C13H15BrN2O3. The monoisotopic (exact) mass is 326 g/mol. The van der Waals surface area contributed by atoms with Gasteiger partial charge in [-0.1, -0.05) is 0 Å². The van der Waals surface area contributed by atoms with Crippen molar-refractivity contribution in [2.24, 2.45) is 7.05 Å². The number of halogens is 1. The minimum atomic E-state index is -0.431. The first-order valence-electron chi connectivity index (χ1n) is 5.83. The second-order valence-electron chi connectivity index (χ2n) is 4.25. The van der Waals surface area contributed by atoms with Gasteiger partial charge < -0.3 is 20.1 Å². The molecule has 0 unspecified atom stereocenters. The third-order valence-electron chi connectivity index (χ3n) is 3.23. The molecule has 19 heavy (non-hydrogen) atoms. The van der Waals surface area contributed by atoms with Gasteiger partial charge in [-0.2, -0.15) is 0 Å². The third kappa shape index (κ3) is 1.96. The Labute approximate surface area is 119 Å². The van der Waals surface area contributed by atoms with Crippen LogP contribution in [0.15, 0.2) is 10.5 Å². The molecule has 0 radical (unpaired) electrons. The Hall–Kier alpha value is -1.69. The lowest BCUT2D eigenvalue weighted by atomic mass is 10.1. The zero-order valence-electron chi connectivity index (χ0n) is 11.0. The standard InChI is InChI=1S/C13H15BrN2O3/c1-4-19-13(18)9-6(2)16(3)8-5-7(14)12(17)11(15)10(8)9/h5,17H,4,15H2,1-3H3. The third-order valence-corrected chi connectivity index (χ3v) is 3.83. The van der Waals surface area contributed by atoms with E-state index >= 15 is 0 Å². The molecule has 0 aliphatic heterocycles. The average molecular weight is 327 g/mol. The Morgan fingerprint density at radius 1 is 1.58 bits per heavy atom. The van der Waals surface area contributed by atoms with Gasteiger partial charge in [0.1, 0.15) is 0 Å². The van der Waals surface area contributed by atoms with E-state index in [2.05, 4.69) is 15.9 Å². The van der Waals surface area contributed by atoms with E-state index in [0.29, 0.717) is 15.4 Å². The molecule has 102 valence electrons. The number of phenols is 1. The smallest absolute Gasteiger partial charge is 0.340 e. The Balaban J connectivity index is 2.88. The molecule has 1 heterocycles. The fourth-order valence-electron chi connectivity index (χ4n) is 2.16. The highest BCUT2D eigenvalue weighted by molar-refractivity contribution is 9.10. The van der Waals surface area contributed by atoms with Crippen molar-refractivity contribution in [3.8, 4) is 5.75 Å². The molecule has 0 atom stereocenters. The summed E-state index contributed by atoms with van der Waals surface area (Å²) in [5.74, 6) is -0.498. The minimum absolute atomic E-state index is 0.0661. The number of rotatable bonds is 2. The average Bonchev–Trinajstić information content (AvgIpc) is 2.61. The van der Waals surface area contributed by atoms with E-state index in [1.54, 1.807) is 13.0 Å². The summed E-state index contributed by atoms with van der Waals surface area (Å²) in [4.78, 5) is 12.1. The van der Waals surface area contributed by atoms with Gasteiger partial charge in [0.2, 0.25) is 0 Å². The van der Waals surface area contributed by atoms with Gasteiger partial charge >= 0.3 is 5.97 Å². The SMILES string of the molecule is CCOC(=O)c1c(C)n(C)c2cc(Br)c(O)c(N)c12. The topological polar surface area (TPSA) is 77.5 Å². The van der Waals surface area contributed by atoms with Crippen molar-refractivity contribution in [2.75, 3.05) is 12.3 Å². The van der Waals surface area contributed by atoms with Crippen LogP contribution in [-0.2, 0) is 11.8 Å². The van der Waals surface area contributed by atoms with Gasteiger partial charge in [0.25, 0.3) is 0 Å². The van der Waals surface area contributed by atoms with Crippen LogP contribution in [0.1, 0.15) is 23.0 Å². The summed E-state index contributed by atoms with van der Waals surface area (Å²) in [6.07, 6.45) is 0. The van der Waals surface area contributed by atoms with Crippen molar-refractivity contribution in [1.82, 2.24) is 4.57 Å². The molecule has 2 aromatic rings. The number of nitrogen functional groups attached to an aromatic ring is 1. The molecule has 0 fully saturated rings. The second kappa shape index (κ2) is 4.77. The maximum absolute atomic E-state index is 12.1. The molecule has 3 N–H and O–H groups in total. The number of aromatic hydroxyl groups is 1. The normalized spacial score (nSPS) is 10.9. The van der Waals surface area contributed by atoms with Crippen molar-refractivity contribution < 1.29 is 14.6 Å². The maximum atomic E-state index is 12.1. The van der Waals surface area contributed by atoms with Gasteiger partial charge in [0, 0.05) is 18.1 Å². The lowest BCUT2D eigenvalue weighted by Crippen LogP contribution is -2.07. The molecule has 0 bridgehead atoms. The summed E-state index contributed by atoms with van der Waals surface area (Å²) in [5, 5.41) is 10.4. The molecule has 0 saturated heterocycles. The Morgan fingerprint density at radius 3 is 2.79 bits per heavy atom.